The maximum absolute atomic E-state index is 5.48. The van der Waals surface area contributed by atoms with Gasteiger partial charge in [0.2, 0.25) is 5.84 Å². The summed E-state index contributed by atoms with van der Waals surface area (Å²) < 4.78 is 0.406. The summed E-state index contributed by atoms with van der Waals surface area (Å²) in [6, 6.07) is 0. The summed E-state index contributed by atoms with van der Waals surface area (Å²) in [6.45, 7) is 4.51. The van der Waals surface area contributed by atoms with E-state index >= 15 is 0 Å². The van der Waals surface area contributed by atoms with Gasteiger partial charge in [0.05, 0.1) is 0 Å². The van der Waals surface area contributed by atoms with E-state index in [0.29, 0.717) is 11.1 Å². The summed E-state index contributed by atoms with van der Waals surface area (Å²) in [6.07, 6.45) is 3.58. The van der Waals surface area contributed by atoms with Crippen molar-refractivity contribution in [3.05, 3.63) is 11.8 Å². The zero-order valence-corrected chi connectivity index (χ0v) is 7.78. The highest BCUT2D eigenvalue weighted by molar-refractivity contribution is 5.85. The predicted octanol–water partition coefficient (Wildman–Crippen LogP) is 0.671. The van der Waals surface area contributed by atoms with Gasteiger partial charge in [-0.2, -0.15) is 4.99 Å². The van der Waals surface area contributed by atoms with Crippen LogP contribution >= 0.6 is 0 Å². The number of aliphatic imine (C=N–C) groups is 1. The predicted molar refractivity (Wildman–Crippen MR) is 50.6 cm³/mol. The largest absolute Gasteiger partial charge is 0.327 e. The molecule has 0 saturated carbocycles. The normalized spacial score (nSPS) is 29.3. The molecule has 0 aromatic heterocycles. The monoisotopic (exact) mass is 167 g/mol. The Bertz CT molecular complexity index is 264. The average Bonchev–Trinajstić information content (AvgIpc) is 2.32. The van der Waals surface area contributed by atoms with Crippen LogP contribution in [0.5, 0.6) is 0 Å². The Morgan fingerprint density at radius 1 is 1.75 bits per heavy atom. The van der Waals surface area contributed by atoms with E-state index in [2.05, 4.69) is 10.1 Å². The third-order valence-electron chi connectivity index (χ3n) is 1.98. The van der Waals surface area contributed by atoms with Crippen LogP contribution in [0.15, 0.2) is 21.9 Å². The Kier molecular flexibility index (Phi) is 2.40. The Morgan fingerprint density at radius 2 is 2.42 bits per heavy atom. The van der Waals surface area contributed by atoms with Crippen LogP contribution in [0.3, 0.4) is 0 Å². The van der Waals surface area contributed by atoms with Crippen molar-refractivity contribution >= 4 is 12.2 Å². The molecule has 12 heavy (non-hydrogen) atoms. The van der Waals surface area contributed by atoms with E-state index in [0.717, 1.165) is 11.4 Å². The molecule has 1 atom stereocenters. The first-order chi connectivity index (χ1) is 5.58. The highest BCUT2D eigenvalue weighted by Crippen LogP contribution is 2.13. The summed E-state index contributed by atoms with van der Waals surface area (Å²) >= 11 is 0. The van der Waals surface area contributed by atoms with Crippen LogP contribution in [0.4, 0.5) is 0 Å². The number of rotatable bonds is 2. The van der Waals surface area contributed by atoms with Crippen molar-refractivity contribution in [3.63, 3.8) is 0 Å². The molecule has 0 spiro atoms. The van der Waals surface area contributed by atoms with Crippen molar-refractivity contribution < 1.29 is 4.59 Å². The fourth-order valence-electron chi connectivity index (χ4n) is 1.03. The van der Waals surface area contributed by atoms with Crippen molar-refractivity contribution in [2.45, 2.75) is 13.8 Å². The topological polar surface area (TPSA) is 50.7 Å². The molecule has 0 aromatic rings. The van der Waals surface area contributed by atoms with E-state index in [1.54, 1.807) is 6.34 Å². The van der Waals surface area contributed by atoms with E-state index in [-0.39, 0.29) is 0 Å². The molecule has 1 aliphatic heterocycles. The molecule has 4 heteroatoms. The van der Waals surface area contributed by atoms with Gasteiger partial charge in [-0.25, -0.2) is 0 Å². The minimum Gasteiger partial charge on any atom is -0.327 e. The number of hydrogen-bond donors (Lipinski definition) is 1. The van der Waals surface area contributed by atoms with Crippen LogP contribution in [0.2, 0.25) is 0 Å². The molecule has 0 fully saturated rings. The molecule has 4 nitrogen and oxygen atoms in total. The standard InChI is InChI=1S/C8H15N4/c1-7(4-9)5-12(3)8(2)10-6-11-12/h5-6H,4,9H2,1-3H3/q+1/b7-5+. The van der Waals surface area contributed by atoms with Gasteiger partial charge in [0.25, 0.3) is 0 Å². The van der Waals surface area contributed by atoms with Crippen molar-refractivity contribution in [1.82, 2.24) is 0 Å². The van der Waals surface area contributed by atoms with Crippen LogP contribution in [-0.2, 0) is 0 Å². The first-order valence-corrected chi connectivity index (χ1v) is 3.92. The number of amidine groups is 1. The maximum atomic E-state index is 5.48. The Balaban J connectivity index is 2.88. The molecule has 0 aliphatic carbocycles. The SMILES string of the molecule is CC1=NC=N[N+]1(C)/C=C(\C)CN. The van der Waals surface area contributed by atoms with Gasteiger partial charge >= 0.3 is 0 Å². The number of nitrogens with two attached hydrogens (primary N) is 1. The smallest absolute Gasteiger partial charge is 0.232 e. The molecule has 2 N–H and O–H groups in total. The molecular formula is C8H15N4+. The van der Waals surface area contributed by atoms with Crippen molar-refractivity contribution in [1.29, 1.82) is 0 Å². The van der Waals surface area contributed by atoms with Gasteiger partial charge in [0, 0.05) is 13.5 Å². The minimum atomic E-state index is 0.406. The lowest BCUT2D eigenvalue weighted by Gasteiger charge is -2.18. The number of hydrogen-bond acceptors (Lipinski definition) is 3. The van der Waals surface area contributed by atoms with Crippen LogP contribution in [-0.4, -0.2) is 30.4 Å². The molecule has 0 radical (unpaired) electrons. The van der Waals surface area contributed by atoms with Crippen molar-refractivity contribution in [3.8, 4) is 0 Å². The second-order valence-corrected chi connectivity index (χ2v) is 3.11. The lowest BCUT2D eigenvalue weighted by molar-refractivity contribution is -0.771. The van der Waals surface area contributed by atoms with E-state index in [4.69, 9.17) is 5.73 Å². The molecule has 1 heterocycles. The van der Waals surface area contributed by atoms with E-state index in [1.165, 1.54) is 0 Å². The molecular weight excluding hydrogens is 152 g/mol. The van der Waals surface area contributed by atoms with Gasteiger partial charge in [-0.1, -0.05) is 5.10 Å². The second-order valence-electron chi connectivity index (χ2n) is 3.11. The highest BCUT2D eigenvalue weighted by Gasteiger charge is 2.26. The molecule has 0 amide bonds. The van der Waals surface area contributed by atoms with Crippen LogP contribution in [0, 0.1) is 0 Å². The van der Waals surface area contributed by atoms with Crippen molar-refractivity contribution in [2.24, 2.45) is 15.8 Å². The zero-order valence-electron chi connectivity index (χ0n) is 7.78. The summed E-state index contributed by atoms with van der Waals surface area (Å²) in [4.78, 5) is 4.09. The third-order valence-corrected chi connectivity index (χ3v) is 1.98. The highest BCUT2D eigenvalue weighted by atomic mass is 15.6. The first-order valence-electron chi connectivity index (χ1n) is 3.92. The fourth-order valence-corrected chi connectivity index (χ4v) is 1.03. The van der Waals surface area contributed by atoms with Gasteiger partial charge in [-0.3, -0.25) is 0 Å². The quantitative estimate of drug-likeness (QED) is 0.604. The Labute approximate surface area is 72.7 Å². The van der Waals surface area contributed by atoms with E-state index in [9.17, 15) is 0 Å². The summed E-state index contributed by atoms with van der Waals surface area (Å²) in [7, 11) is 1.97. The summed E-state index contributed by atoms with van der Waals surface area (Å²) in [5, 5.41) is 4.21. The lowest BCUT2D eigenvalue weighted by Crippen LogP contribution is -2.35. The summed E-state index contributed by atoms with van der Waals surface area (Å²) in [5.74, 6) is 0.961. The van der Waals surface area contributed by atoms with Crippen LogP contribution in [0.25, 0.3) is 0 Å². The van der Waals surface area contributed by atoms with Crippen LogP contribution in [0.1, 0.15) is 13.8 Å². The Hall–Kier alpha value is -1.00. The summed E-state index contributed by atoms with van der Waals surface area (Å²) in [5.41, 5.74) is 6.60. The number of nitrogens with zero attached hydrogens (tertiary/aromatic N) is 3. The van der Waals surface area contributed by atoms with E-state index in [1.807, 2.05) is 27.1 Å². The first kappa shape index (κ1) is 9.09. The zero-order chi connectivity index (χ0) is 9.19. The Morgan fingerprint density at radius 3 is 2.83 bits per heavy atom. The molecule has 66 valence electrons. The molecule has 0 saturated heterocycles. The van der Waals surface area contributed by atoms with Gasteiger partial charge in [0.1, 0.15) is 13.2 Å². The van der Waals surface area contributed by atoms with Crippen molar-refractivity contribution in [2.75, 3.05) is 13.6 Å². The van der Waals surface area contributed by atoms with Crippen LogP contribution < -0.4 is 5.73 Å². The maximum Gasteiger partial charge on any atom is 0.232 e. The molecule has 0 aromatic carbocycles. The average molecular weight is 167 g/mol. The van der Waals surface area contributed by atoms with Gasteiger partial charge in [-0.05, 0) is 12.5 Å². The molecule has 1 aliphatic rings. The lowest BCUT2D eigenvalue weighted by atomic mass is 10.3. The molecule has 1 unspecified atom stereocenters. The number of quaternary nitrogens is 1. The van der Waals surface area contributed by atoms with Gasteiger partial charge in [0.15, 0.2) is 6.34 Å². The van der Waals surface area contributed by atoms with Gasteiger partial charge in [-0.15, -0.1) is 4.59 Å². The molecule has 1 rings (SSSR count). The third kappa shape index (κ3) is 1.60. The van der Waals surface area contributed by atoms with E-state index < -0.39 is 0 Å². The van der Waals surface area contributed by atoms with Gasteiger partial charge < -0.3 is 5.73 Å². The second kappa shape index (κ2) is 3.16. The minimum absolute atomic E-state index is 0.406. The molecule has 0 bridgehead atoms. The fraction of sp³-hybridized carbons (Fsp3) is 0.500.